The third-order valence-corrected chi connectivity index (χ3v) is 4.40. The fourth-order valence-electron chi connectivity index (χ4n) is 2.75. The average molecular weight is 296 g/mol. The molecule has 0 aliphatic heterocycles. The first kappa shape index (κ1) is 20.7. The molecular weight excluding hydrogens is 254 g/mol. The molecule has 1 heteroatoms. The Morgan fingerprint density at radius 2 is 1.05 bits per heavy atom. The highest BCUT2D eigenvalue weighted by molar-refractivity contribution is 4.84. The van der Waals surface area contributed by atoms with E-state index in [9.17, 15) is 0 Å². The van der Waals surface area contributed by atoms with Crippen molar-refractivity contribution in [3.05, 3.63) is 12.2 Å². The van der Waals surface area contributed by atoms with Crippen molar-refractivity contribution in [1.82, 2.24) is 4.90 Å². The van der Waals surface area contributed by atoms with Gasteiger partial charge in [0.2, 0.25) is 0 Å². The van der Waals surface area contributed by atoms with Crippen LogP contribution < -0.4 is 0 Å². The summed E-state index contributed by atoms with van der Waals surface area (Å²) < 4.78 is 0. The molecule has 0 amide bonds. The standard InChI is InChI=1S/C20H41N/c1-4-7-8-9-10-11-12-13-14-15-16-17-18-19-20-21(5-2)6-3/h18-19H,4-17,20H2,1-3H3/b19-18+. The van der Waals surface area contributed by atoms with Crippen LogP contribution in [-0.4, -0.2) is 24.5 Å². The van der Waals surface area contributed by atoms with Crippen LogP contribution in [0.4, 0.5) is 0 Å². The lowest BCUT2D eigenvalue weighted by Crippen LogP contribution is -2.22. The Hall–Kier alpha value is -0.300. The molecule has 0 aromatic carbocycles. The molecule has 0 fully saturated rings. The third-order valence-electron chi connectivity index (χ3n) is 4.40. The Morgan fingerprint density at radius 1 is 0.571 bits per heavy atom. The highest BCUT2D eigenvalue weighted by atomic mass is 15.1. The number of rotatable bonds is 16. The zero-order valence-electron chi connectivity index (χ0n) is 15.2. The number of allylic oxidation sites excluding steroid dienone is 1. The second-order valence-electron chi connectivity index (χ2n) is 6.28. The number of nitrogens with zero attached hydrogens (tertiary/aromatic N) is 1. The summed E-state index contributed by atoms with van der Waals surface area (Å²) in [7, 11) is 0. The lowest BCUT2D eigenvalue weighted by Gasteiger charge is -2.14. The SMILES string of the molecule is CCCCCCCCCCCCC/C=C/CN(CC)CC. The van der Waals surface area contributed by atoms with Gasteiger partial charge < -0.3 is 4.90 Å². The molecule has 0 aromatic rings. The number of unbranched alkanes of at least 4 members (excludes halogenated alkanes) is 11. The van der Waals surface area contributed by atoms with Gasteiger partial charge in [-0.25, -0.2) is 0 Å². The van der Waals surface area contributed by atoms with Crippen molar-refractivity contribution in [1.29, 1.82) is 0 Å². The van der Waals surface area contributed by atoms with E-state index in [0.29, 0.717) is 0 Å². The molecular formula is C20H41N. The van der Waals surface area contributed by atoms with Crippen molar-refractivity contribution in [2.45, 2.75) is 97.8 Å². The summed E-state index contributed by atoms with van der Waals surface area (Å²) >= 11 is 0. The smallest absolute Gasteiger partial charge is 0.0162 e. The molecule has 126 valence electrons. The van der Waals surface area contributed by atoms with E-state index in [2.05, 4.69) is 37.8 Å². The Morgan fingerprint density at radius 3 is 1.52 bits per heavy atom. The van der Waals surface area contributed by atoms with Crippen LogP contribution in [0, 0.1) is 0 Å². The van der Waals surface area contributed by atoms with E-state index in [4.69, 9.17) is 0 Å². The van der Waals surface area contributed by atoms with E-state index < -0.39 is 0 Å². The van der Waals surface area contributed by atoms with Crippen LogP contribution in [-0.2, 0) is 0 Å². The normalized spacial score (nSPS) is 11.8. The molecule has 0 atom stereocenters. The summed E-state index contributed by atoms with van der Waals surface area (Å²) in [5.74, 6) is 0. The van der Waals surface area contributed by atoms with Crippen LogP contribution >= 0.6 is 0 Å². The van der Waals surface area contributed by atoms with Crippen LogP contribution in [0.3, 0.4) is 0 Å². The quantitative estimate of drug-likeness (QED) is 0.229. The first-order valence-corrected chi connectivity index (χ1v) is 9.72. The monoisotopic (exact) mass is 295 g/mol. The van der Waals surface area contributed by atoms with E-state index in [1.165, 1.54) is 90.1 Å². The predicted molar refractivity (Wildman–Crippen MR) is 98.0 cm³/mol. The van der Waals surface area contributed by atoms with Crippen LogP contribution in [0.1, 0.15) is 97.8 Å². The van der Waals surface area contributed by atoms with Crippen molar-refractivity contribution in [3.8, 4) is 0 Å². The fraction of sp³-hybridized carbons (Fsp3) is 0.900. The van der Waals surface area contributed by atoms with Gasteiger partial charge in [0.25, 0.3) is 0 Å². The minimum absolute atomic E-state index is 1.13. The van der Waals surface area contributed by atoms with Crippen molar-refractivity contribution >= 4 is 0 Å². The molecule has 0 rings (SSSR count). The topological polar surface area (TPSA) is 3.24 Å². The Balaban J connectivity index is 3.13. The molecule has 0 bridgehead atoms. The van der Waals surface area contributed by atoms with Crippen LogP contribution in [0.2, 0.25) is 0 Å². The minimum Gasteiger partial charge on any atom is -0.300 e. The van der Waals surface area contributed by atoms with E-state index in [1.54, 1.807) is 0 Å². The lowest BCUT2D eigenvalue weighted by atomic mass is 10.1. The van der Waals surface area contributed by atoms with Gasteiger partial charge in [-0.05, 0) is 25.9 Å². The van der Waals surface area contributed by atoms with Gasteiger partial charge in [-0.3, -0.25) is 0 Å². The van der Waals surface area contributed by atoms with E-state index >= 15 is 0 Å². The third kappa shape index (κ3) is 15.9. The average Bonchev–Trinajstić information content (AvgIpc) is 2.51. The van der Waals surface area contributed by atoms with Crippen molar-refractivity contribution < 1.29 is 0 Å². The molecule has 0 N–H and O–H groups in total. The highest BCUT2D eigenvalue weighted by Gasteiger charge is 1.94. The largest absolute Gasteiger partial charge is 0.300 e. The Kier molecular flexibility index (Phi) is 17.5. The van der Waals surface area contributed by atoms with Crippen molar-refractivity contribution in [3.63, 3.8) is 0 Å². The van der Waals surface area contributed by atoms with Crippen molar-refractivity contribution in [2.75, 3.05) is 19.6 Å². The Labute approximate surface area is 135 Å². The molecule has 0 aromatic heterocycles. The zero-order valence-corrected chi connectivity index (χ0v) is 15.2. The fourth-order valence-corrected chi connectivity index (χ4v) is 2.75. The van der Waals surface area contributed by atoms with E-state index in [0.717, 1.165) is 6.54 Å². The summed E-state index contributed by atoms with van der Waals surface area (Å²) in [6.07, 6.45) is 21.8. The summed E-state index contributed by atoms with van der Waals surface area (Å²) in [4.78, 5) is 2.46. The molecule has 0 heterocycles. The Bertz CT molecular complexity index is 206. The van der Waals surface area contributed by atoms with Gasteiger partial charge in [0.15, 0.2) is 0 Å². The van der Waals surface area contributed by atoms with Gasteiger partial charge in [-0.1, -0.05) is 97.1 Å². The van der Waals surface area contributed by atoms with Gasteiger partial charge in [0, 0.05) is 6.54 Å². The molecule has 0 aliphatic carbocycles. The lowest BCUT2D eigenvalue weighted by molar-refractivity contribution is 0.337. The molecule has 1 nitrogen and oxygen atoms in total. The molecule has 0 saturated carbocycles. The van der Waals surface area contributed by atoms with Gasteiger partial charge in [-0.2, -0.15) is 0 Å². The molecule has 0 saturated heterocycles. The molecule has 21 heavy (non-hydrogen) atoms. The second kappa shape index (κ2) is 17.8. The first-order chi connectivity index (χ1) is 10.3. The molecule has 0 radical (unpaired) electrons. The van der Waals surface area contributed by atoms with Gasteiger partial charge in [-0.15, -0.1) is 0 Å². The molecule has 0 aliphatic rings. The van der Waals surface area contributed by atoms with Gasteiger partial charge in [0.1, 0.15) is 0 Å². The summed E-state index contributed by atoms with van der Waals surface area (Å²) in [5.41, 5.74) is 0. The second-order valence-corrected chi connectivity index (χ2v) is 6.28. The van der Waals surface area contributed by atoms with Gasteiger partial charge >= 0.3 is 0 Å². The summed E-state index contributed by atoms with van der Waals surface area (Å²) in [5, 5.41) is 0. The number of likely N-dealkylation sites (N-methyl/N-ethyl adjacent to an activating group) is 1. The van der Waals surface area contributed by atoms with Crippen LogP contribution in [0.25, 0.3) is 0 Å². The van der Waals surface area contributed by atoms with E-state index in [1.807, 2.05) is 0 Å². The number of hydrogen-bond donors (Lipinski definition) is 0. The maximum Gasteiger partial charge on any atom is 0.0162 e. The van der Waals surface area contributed by atoms with Gasteiger partial charge in [0.05, 0.1) is 0 Å². The van der Waals surface area contributed by atoms with Crippen molar-refractivity contribution in [2.24, 2.45) is 0 Å². The first-order valence-electron chi connectivity index (χ1n) is 9.72. The minimum atomic E-state index is 1.13. The predicted octanol–water partition coefficient (Wildman–Crippen LogP) is 6.59. The van der Waals surface area contributed by atoms with Crippen LogP contribution in [0.5, 0.6) is 0 Å². The molecule has 0 unspecified atom stereocenters. The zero-order chi connectivity index (χ0) is 15.6. The maximum absolute atomic E-state index is 2.46. The maximum atomic E-state index is 2.46. The summed E-state index contributed by atoms with van der Waals surface area (Å²) in [6, 6.07) is 0. The highest BCUT2D eigenvalue weighted by Crippen LogP contribution is 2.11. The van der Waals surface area contributed by atoms with Crippen LogP contribution in [0.15, 0.2) is 12.2 Å². The van der Waals surface area contributed by atoms with E-state index in [-0.39, 0.29) is 0 Å². The summed E-state index contributed by atoms with van der Waals surface area (Å²) in [6.45, 7) is 10.2. The number of hydrogen-bond acceptors (Lipinski definition) is 1. The molecule has 0 spiro atoms.